The standard InChI is InChI=1S/C12H16FN3O3/c13-8-2-1-7(3-9(8)14)15-12(19)6-16-4-10(17)11(18)5-16/h1-3,10-11,17-18H,4-6,14H2,(H,15,19). The maximum atomic E-state index is 12.9. The van der Waals surface area contributed by atoms with E-state index in [1.54, 1.807) is 4.90 Å². The van der Waals surface area contributed by atoms with Gasteiger partial charge in [0, 0.05) is 18.8 Å². The SMILES string of the molecule is Nc1cc(NC(=O)CN2CC(O)C(O)C2)ccc1F. The number of nitrogen functional groups attached to an aromatic ring is 1. The summed E-state index contributed by atoms with van der Waals surface area (Å²) in [6.07, 6.45) is -1.65. The van der Waals surface area contributed by atoms with E-state index < -0.39 is 18.0 Å². The van der Waals surface area contributed by atoms with Gasteiger partial charge in [-0.05, 0) is 18.2 Å². The van der Waals surface area contributed by atoms with Crippen LogP contribution in [0.5, 0.6) is 0 Å². The van der Waals surface area contributed by atoms with Crippen molar-refractivity contribution in [3.05, 3.63) is 24.0 Å². The lowest BCUT2D eigenvalue weighted by Crippen LogP contribution is -2.32. The molecule has 2 atom stereocenters. The molecule has 1 amide bonds. The molecule has 0 radical (unpaired) electrons. The summed E-state index contributed by atoms with van der Waals surface area (Å²) in [5, 5.41) is 21.3. The molecular weight excluding hydrogens is 253 g/mol. The van der Waals surface area contributed by atoms with Gasteiger partial charge in [-0.25, -0.2) is 4.39 Å². The molecular formula is C12H16FN3O3. The third kappa shape index (κ3) is 3.40. The highest BCUT2D eigenvalue weighted by molar-refractivity contribution is 5.92. The summed E-state index contributed by atoms with van der Waals surface area (Å²) in [5.74, 6) is -0.851. The van der Waals surface area contributed by atoms with Crippen LogP contribution in [-0.2, 0) is 4.79 Å². The Kier molecular flexibility index (Phi) is 3.98. The van der Waals surface area contributed by atoms with Crippen molar-refractivity contribution in [2.45, 2.75) is 12.2 Å². The lowest BCUT2D eigenvalue weighted by Gasteiger charge is -2.14. The first-order valence-corrected chi connectivity index (χ1v) is 5.89. The van der Waals surface area contributed by atoms with Crippen molar-refractivity contribution in [1.29, 1.82) is 0 Å². The summed E-state index contributed by atoms with van der Waals surface area (Å²) >= 11 is 0. The fourth-order valence-corrected chi connectivity index (χ4v) is 2.00. The van der Waals surface area contributed by atoms with E-state index in [1.165, 1.54) is 18.2 Å². The summed E-state index contributed by atoms with van der Waals surface area (Å²) in [6.45, 7) is 0.547. The molecule has 1 aromatic rings. The van der Waals surface area contributed by atoms with Crippen molar-refractivity contribution in [3.8, 4) is 0 Å². The molecule has 0 aliphatic carbocycles. The highest BCUT2D eigenvalue weighted by Crippen LogP contribution is 2.16. The van der Waals surface area contributed by atoms with Gasteiger partial charge in [-0.1, -0.05) is 0 Å². The van der Waals surface area contributed by atoms with Crippen molar-refractivity contribution in [1.82, 2.24) is 4.90 Å². The van der Waals surface area contributed by atoms with Crippen LogP contribution in [0.3, 0.4) is 0 Å². The van der Waals surface area contributed by atoms with Crippen LogP contribution in [0.15, 0.2) is 18.2 Å². The number of anilines is 2. The molecule has 104 valence electrons. The van der Waals surface area contributed by atoms with Crippen LogP contribution in [0.2, 0.25) is 0 Å². The maximum absolute atomic E-state index is 12.9. The number of likely N-dealkylation sites (tertiary alicyclic amines) is 1. The van der Waals surface area contributed by atoms with Crippen molar-refractivity contribution < 1.29 is 19.4 Å². The third-order valence-corrected chi connectivity index (χ3v) is 2.98. The molecule has 1 aliphatic rings. The van der Waals surface area contributed by atoms with Crippen molar-refractivity contribution >= 4 is 17.3 Å². The zero-order valence-electron chi connectivity index (χ0n) is 10.2. The lowest BCUT2D eigenvalue weighted by molar-refractivity contribution is -0.117. The van der Waals surface area contributed by atoms with E-state index in [-0.39, 0.29) is 31.2 Å². The molecule has 0 spiro atoms. The molecule has 19 heavy (non-hydrogen) atoms. The molecule has 1 aromatic carbocycles. The van der Waals surface area contributed by atoms with Gasteiger partial charge in [0.15, 0.2) is 0 Å². The summed E-state index contributed by atoms with van der Waals surface area (Å²) in [4.78, 5) is 13.4. The minimum atomic E-state index is -0.825. The first kappa shape index (κ1) is 13.7. The van der Waals surface area contributed by atoms with Gasteiger partial charge in [-0.3, -0.25) is 9.69 Å². The van der Waals surface area contributed by atoms with Gasteiger partial charge in [0.25, 0.3) is 0 Å². The molecule has 5 N–H and O–H groups in total. The maximum Gasteiger partial charge on any atom is 0.238 e. The van der Waals surface area contributed by atoms with Gasteiger partial charge < -0.3 is 21.3 Å². The fourth-order valence-electron chi connectivity index (χ4n) is 2.00. The number of nitrogens with one attached hydrogen (secondary N) is 1. The first-order valence-electron chi connectivity index (χ1n) is 5.89. The number of carbonyl (C=O) groups is 1. The van der Waals surface area contributed by atoms with Gasteiger partial charge in [-0.2, -0.15) is 0 Å². The second-order valence-corrected chi connectivity index (χ2v) is 4.61. The van der Waals surface area contributed by atoms with Crippen LogP contribution in [0, 0.1) is 5.82 Å². The van der Waals surface area contributed by atoms with Crippen LogP contribution in [-0.4, -0.2) is 52.9 Å². The molecule has 0 aromatic heterocycles. The molecule has 1 aliphatic heterocycles. The smallest absolute Gasteiger partial charge is 0.238 e. The predicted molar refractivity (Wildman–Crippen MR) is 67.9 cm³/mol. The average Bonchev–Trinajstić information content (AvgIpc) is 2.63. The van der Waals surface area contributed by atoms with E-state index in [2.05, 4.69) is 5.32 Å². The summed E-state index contributed by atoms with van der Waals surface area (Å²) < 4.78 is 12.9. The van der Waals surface area contributed by atoms with Crippen molar-refractivity contribution in [3.63, 3.8) is 0 Å². The van der Waals surface area contributed by atoms with E-state index in [9.17, 15) is 19.4 Å². The van der Waals surface area contributed by atoms with Gasteiger partial charge in [-0.15, -0.1) is 0 Å². The number of benzene rings is 1. The molecule has 2 rings (SSSR count). The van der Waals surface area contributed by atoms with Crippen LogP contribution >= 0.6 is 0 Å². The second-order valence-electron chi connectivity index (χ2n) is 4.61. The molecule has 0 saturated carbocycles. The minimum absolute atomic E-state index is 0.0372. The van der Waals surface area contributed by atoms with Crippen LogP contribution < -0.4 is 11.1 Å². The van der Waals surface area contributed by atoms with Crippen LogP contribution in [0.1, 0.15) is 0 Å². The molecule has 0 bridgehead atoms. The van der Waals surface area contributed by atoms with Gasteiger partial charge in [0.05, 0.1) is 24.4 Å². The fraction of sp³-hybridized carbons (Fsp3) is 0.417. The van der Waals surface area contributed by atoms with Gasteiger partial charge in [0.1, 0.15) is 5.82 Å². The van der Waals surface area contributed by atoms with Crippen LogP contribution in [0.25, 0.3) is 0 Å². The number of hydrogen-bond donors (Lipinski definition) is 4. The number of hydrogen-bond acceptors (Lipinski definition) is 5. The predicted octanol–water partition coefficient (Wildman–Crippen LogP) is -0.616. The largest absolute Gasteiger partial charge is 0.396 e. The summed E-state index contributed by atoms with van der Waals surface area (Å²) in [5.41, 5.74) is 5.76. The van der Waals surface area contributed by atoms with Gasteiger partial charge >= 0.3 is 0 Å². The molecule has 1 saturated heterocycles. The summed E-state index contributed by atoms with van der Waals surface area (Å²) in [6, 6.07) is 3.92. The lowest BCUT2D eigenvalue weighted by atomic mass is 10.2. The number of rotatable bonds is 3. The topological polar surface area (TPSA) is 98.8 Å². The number of amides is 1. The number of aliphatic hydroxyl groups is 2. The highest BCUT2D eigenvalue weighted by Gasteiger charge is 2.30. The zero-order chi connectivity index (χ0) is 14.0. The van der Waals surface area contributed by atoms with E-state index in [4.69, 9.17) is 5.73 Å². The Labute approximate surface area is 109 Å². The Balaban J connectivity index is 1.89. The van der Waals surface area contributed by atoms with E-state index in [0.717, 1.165) is 0 Å². The molecule has 6 nitrogen and oxygen atoms in total. The van der Waals surface area contributed by atoms with Gasteiger partial charge in [0.2, 0.25) is 5.91 Å². The number of aliphatic hydroxyl groups excluding tert-OH is 2. The number of carbonyl (C=O) groups excluding carboxylic acids is 1. The number of nitrogens with two attached hydrogens (primary N) is 1. The minimum Gasteiger partial charge on any atom is -0.396 e. The average molecular weight is 269 g/mol. The second kappa shape index (κ2) is 5.52. The Morgan fingerprint density at radius 3 is 2.63 bits per heavy atom. The molecule has 1 fully saturated rings. The third-order valence-electron chi connectivity index (χ3n) is 2.98. The molecule has 7 heteroatoms. The van der Waals surface area contributed by atoms with E-state index in [1.807, 2.05) is 0 Å². The summed E-state index contributed by atoms with van der Waals surface area (Å²) in [7, 11) is 0. The van der Waals surface area contributed by atoms with Crippen molar-refractivity contribution in [2.75, 3.05) is 30.7 Å². The monoisotopic (exact) mass is 269 g/mol. The number of β-amino-alcohol motifs (C(OH)–C–C–N with tert-alkyl or cyclic N) is 2. The Hall–Kier alpha value is -1.70. The Morgan fingerprint density at radius 2 is 2.05 bits per heavy atom. The Bertz CT molecular complexity index is 473. The van der Waals surface area contributed by atoms with E-state index >= 15 is 0 Å². The molecule has 1 heterocycles. The molecule has 2 unspecified atom stereocenters. The number of nitrogens with zero attached hydrogens (tertiary/aromatic N) is 1. The zero-order valence-corrected chi connectivity index (χ0v) is 10.2. The van der Waals surface area contributed by atoms with Crippen molar-refractivity contribution in [2.24, 2.45) is 0 Å². The first-order chi connectivity index (χ1) is 8.95. The quantitative estimate of drug-likeness (QED) is 0.548. The van der Waals surface area contributed by atoms with Crippen LogP contribution in [0.4, 0.5) is 15.8 Å². The number of halogens is 1. The Morgan fingerprint density at radius 1 is 1.42 bits per heavy atom. The normalized spacial score (nSPS) is 23.5. The van der Waals surface area contributed by atoms with E-state index in [0.29, 0.717) is 5.69 Å². The highest BCUT2D eigenvalue weighted by atomic mass is 19.1.